The highest BCUT2D eigenvalue weighted by Crippen LogP contribution is 2.20. The molecule has 0 aliphatic rings. The first-order valence-corrected chi connectivity index (χ1v) is 4.26. The topological polar surface area (TPSA) is 61.0 Å². The third kappa shape index (κ3) is 2.40. The van der Waals surface area contributed by atoms with Gasteiger partial charge in [-0.1, -0.05) is 6.07 Å². The van der Waals surface area contributed by atoms with E-state index in [0.29, 0.717) is 11.4 Å². The molecule has 1 aromatic heterocycles. The molecule has 76 valence electrons. The molecule has 0 atom stereocenters. The maximum absolute atomic E-state index is 12.6. The molecular formula is C10H8FN3O. The van der Waals surface area contributed by atoms with Crippen LogP contribution in [-0.4, -0.2) is 9.97 Å². The molecule has 2 rings (SSSR count). The molecule has 0 aliphatic carbocycles. The first-order chi connectivity index (χ1) is 7.24. The lowest BCUT2D eigenvalue weighted by Gasteiger charge is -2.04. The highest BCUT2D eigenvalue weighted by molar-refractivity contribution is 5.44. The van der Waals surface area contributed by atoms with Gasteiger partial charge in [0.1, 0.15) is 5.75 Å². The lowest BCUT2D eigenvalue weighted by molar-refractivity contribution is 0.435. The largest absolute Gasteiger partial charge is 0.439 e. The summed E-state index contributed by atoms with van der Waals surface area (Å²) in [5, 5.41) is 0. The average Bonchev–Trinajstić information content (AvgIpc) is 2.17. The minimum atomic E-state index is -0.823. The molecule has 0 amide bonds. The van der Waals surface area contributed by atoms with Gasteiger partial charge in [-0.3, -0.25) is 0 Å². The molecule has 1 heterocycles. The van der Waals surface area contributed by atoms with Gasteiger partial charge in [-0.05, 0) is 12.1 Å². The van der Waals surface area contributed by atoms with Gasteiger partial charge in [-0.25, -0.2) is 4.98 Å². The lowest BCUT2D eigenvalue weighted by Crippen LogP contribution is -1.93. The Morgan fingerprint density at radius 1 is 1.27 bits per heavy atom. The van der Waals surface area contributed by atoms with Gasteiger partial charge in [0.15, 0.2) is 0 Å². The van der Waals surface area contributed by atoms with Crippen LogP contribution in [0.2, 0.25) is 0 Å². The van der Waals surface area contributed by atoms with Gasteiger partial charge < -0.3 is 10.5 Å². The van der Waals surface area contributed by atoms with Gasteiger partial charge in [0.25, 0.3) is 0 Å². The van der Waals surface area contributed by atoms with E-state index in [-0.39, 0.29) is 5.88 Å². The Morgan fingerprint density at radius 2 is 2.13 bits per heavy atom. The molecular weight excluding hydrogens is 197 g/mol. The van der Waals surface area contributed by atoms with E-state index in [1.165, 1.54) is 12.3 Å². The van der Waals surface area contributed by atoms with Gasteiger partial charge in [-0.15, -0.1) is 0 Å². The van der Waals surface area contributed by atoms with Crippen LogP contribution in [0.1, 0.15) is 0 Å². The molecule has 0 bridgehead atoms. The summed E-state index contributed by atoms with van der Waals surface area (Å²) >= 11 is 0. The normalized spacial score (nSPS) is 9.93. The Labute approximate surface area is 85.5 Å². The highest BCUT2D eigenvalue weighted by atomic mass is 19.1. The number of nitrogens with zero attached hydrogens (tertiary/aromatic N) is 2. The summed E-state index contributed by atoms with van der Waals surface area (Å²) in [7, 11) is 0. The highest BCUT2D eigenvalue weighted by Gasteiger charge is 2.00. The standard InChI is InChI=1S/C10H8FN3O/c11-10-13-5-4-9(14-10)15-8-3-1-2-7(12)6-8/h1-6H,12H2. The second-order valence-corrected chi connectivity index (χ2v) is 2.84. The summed E-state index contributed by atoms with van der Waals surface area (Å²) in [5.41, 5.74) is 6.13. The molecule has 0 fully saturated rings. The minimum Gasteiger partial charge on any atom is -0.439 e. The van der Waals surface area contributed by atoms with Crippen molar-refractivity contribution in [2.24, 2.45) is 0 Å². The number of anilines is 1. The first kappa shape index (κ1) is 9.39. The van der Waals surface area contributed by atoms with E-state index in [9.17, 15) is 4.39 Å². The number of halogens is 1. The maximum Gasteiger partial charge on any atom is 0.311 e. The number of hydrogen-bond donors (Lipinski definition) is 1. The second-order valence-electron chi connectivity index (χ2n) is 2.84. The molecule has 5 heteroatoms. The predicted molar refractivity (Wildman–Crippen MR) is 52.9 cm³/mol. The molecule has 2 N–H and O–H groups in total. The summed E-state index contributed by atoms with van der Waals surface area (Å²) in [6, 6.07) is 8.26. The molecule has 0 aliphatic heterocycles. The molecule has 0 radical (unpaired) electrons. The summed E-state index contributed by atoms with van der Waals surface area (Å²) in [5.74, 6) is 0.654. The van der Waals surface area contributed by atoms with Crippen LogP contribution in [0.3, 0.4) is 0 Å². The summed E-state index contributed by atoms with van der Waals surface area (Å²) in [6.45, 7) is 0. The van der Waals surface area contributed by atoms with E-state index in [4.69, 9.17) is 10.5 Å². The third-order valence-corrected chi connectivity index (χ3v) is 1.68. The van der Waals surface area contributed by atoms with Crippen molar-refractivity contribution in [2.45, 2.75) is 0 Å². The second kappa shape index (κ2) is 3.91. The van der Waals surface area contributed by atoms with Crippen molar-refractivity contribution in [3.8, 4) is 11.6 Å². The van der Waals surface area contributed by atoms with Gasteiger partial charge in [-0.2, -0.15) is 9.37 Å². The van der Waals surface area contributed by atoms with E-state index in [1.807, 2.05) is 0 Å². The van der Waals surface area contributed by atoms with Crippen molar-refractivity contribution >= 4 is 5.69 Å². The van der Waals surface area contributed by atoms with Crippen molar-refractivity contribution in [2.75, 3.05) is 5.73 Å². The van der Waals surface area contributed by atoms with Crippen LogP contribution in [0.5, 0.6) is 11.6 Å². The number of ether oxygens (including phenoxy) is 1. The van der Waals surface area contributed by atoms with Gasteiger partial charge in [0, 0.05) is 24.0 Å². The van der Waals surface area contributed by atoms with E-state index >= 15 is 0 Å². The fraction of sp³-hybridized carbons (Fsp3) is 0. The molecule has 0 unspecified atom stereocenters. The van der Waals surface area contributed by atoms with Crippen LogP contribution in [0.4, 0.5) is 10.1 Å². The Kier molecular flexibility index (Phi) is 2.45. The van der Waals surface area contributed by atoms with Gasteiger partial charge in [0.2, 0.25) is 5.88 Å². The third-order valence-electron chi connectivity index (χ3n) is 1.68. The number of hydrogen-bond acceptors (Lipinski definition) is 4. The SMILES string of the molecule is Nc1cccc(Oc2ccnc(F)n2)c1. The number of benzene rings is 1. The Balaban J connectivity index is 2.22. The molecule has 0 saturated carbocycles. The summed E-state index contributed by atoms with van der Waals surface area (Å²) in [4.78, 5) is 6.77. The molecule has 0 saturated heterocycles. The predicted octanol–water partition coefficient (Wildman–Crippen LogP) is 1.99. The molecule has 1 aromatic carbocycles. The monoisotopic (exact) mass is 205 g/mol. The van der Waals surface area contributed by atoms with Crippen LogP contribution in [0.15, 0.2) is 36.5 Å². The summed E-state index contributed by atoms with van der Waals surface area (Å²) < 4.78 is 17.9. The zero-order valence-corrected chi connectivity index (χ0v) is 7.72. The molecule has 0 spiro atoms. The average molecular weight is 205 g/mol. The lowest BCUT2D eigenvalue weighted by atomic mass is 10.3. The summed E-state index contributed by atoms with van der Waals surface area (Å²) in [6.07, 6.45) is 0.459. The van der Waals surface area contributed by atoms with E-state index in [0.717, 1.165) is 0 Å². The minimum absolute atomic E-state index is 0.146. The van der Waals surface area contributed by atoms with Crippen molar-refractivity contribution in [1.29, 1.82) is 0 Å². The number of rotatable bonds is 2. The molecule has 15 heavy (non-hydrogen) atoms. The Hall–Kier alpha value is -2.17. The number of nitrogens with two attached hydrogens (primary N) is 1. The smallest absolute Gasteiger partial charge is 0.311 e. The van der Waals surface area contributed by atoms with Gasteiger partial charge >= 0.3 is 6.08 Å². The van der Waals surface area contributed by atoms with Gasteiger partial charge in [0.05, 0.1) is 0 Å². The first-order valence-electron chi connectivity index (χ1n) is 4.26. The number of nitrogen functional groups attached to an aromatic ring is 1. The zero-order chi connectivity index (χ0) is 10.7. The van der Waals surface area contributed by atoms with Crippen LogP contribution in [-0.2, 0) is 0 Å². The Morgan fingerprint density at radius 3 is 2.87 bits per heavy atom. The molecule has 4 nitrogen and oxygen atoms in total. The van der Waals surface area contributed by atoms with E-state index in [1.54, 1.807) is 24.3 Å². The fourth-order valence-corrected chi connectivity index (χ4v) is 1.08. The van der Waals surface area contributed by atoms with Crippen LogP contribution in [0, 0.1) is 6.08 Å². The van der Waals surface area contributed by atoms with Crippen LogP contribution < -0.4 is 10.5 Å². The van der Waals surface area contributed by atoms with Crippen molar-refractivity contribution in [3.63, 3.8) is 0 Å². The molecule has 2 aromatic rings. The number of aromatic nitrogens is 2. The fourth-order valence-electron chi connectivity index (χ4n) is 1.08. The van der Waals surface area contributed by atoms with Crippen LogP contribution in [0.25, 0.3) is 0 Å². The van der Waals surface area contributed by atoms with E-state index in [2.05, 4.69) is 9.97 Å². The zero-order valence-electron chi connectivity index (χ0n) is 7.72. The van der Waals surface area contributed by atoms with Crippen molar-refractivity contribution < 1.29 is 9.13 Å². The van der Waals surface area contributed by atoms with Crippen molar-refractivity contribution in [3.05, 3.63) is 42.6 Å². The Bertz CT molecular complexity index is 432. The maximum atomic E-state index is 12.6. The van der Waals surface area contributed by atoms with Crippen LogP contribution >= 0.6 is 0 Å². The van der Waals surface area contributed by atoms with E-state index < -0.39 is 6.08 Å². The van der Waals surface area contributed by atoms with Crippen molar-refractivity contribution in [1.82, 2.24) is 9.97 Å². The quantitative estimate of drug-likeness (QED) is 0.601.